The van der Waals surface area contributed by atoms with Crippen molar-refractivity contribution in [2.45, 2.75) is 20.8 Å². The minimum atomic E-state index is -0.0764. The average molecular weight is 213 g/mol. The molecule has 4 nitrogen and oxygen atoms in total. The molecule has 0 saturated heterocycles. The van der Waals surface area contributed by atoms with E-state index in [1.165, 1.54) is 12.3 Å². The summed E-state index contributed by atoms with van der Waals surface area (Å²) >= 11 is 0. The van der Waals surface area contributed by atoms with Crippen LogP contribution in [0.2, 0.25) is 0 Å². The Morgan fingerprint density at radius 2 is 2.07 bits per heavy atom. The van der Waals surface area contributed by atoms with Crippen molar-refractivity contribution >= 4 is 6.29 Å². The van der Waals surface area contributed by atoms with Crippen LogP contribution < -0.4 is 0 Å². The molecular formula is C11H19NO3. The van der Waals surface area contributed by atoms with Crippen LogP contribution in [0.1, 0.15) is 31.3 Å². The number of methoxy groups -OCH3 is 1. The van der Waals surface area contributed by atoms with Gasteiger partial charge in [-0.15, -0.1) is 0 Å². The molecule has 0 radical (unpaired) electrons. The van der Waals surface area contributed by atoms with Crippen LogP contribution in [0.4, 0.5) is 0 Å². The van der Waals surface area contributed by atoms with Crippen LogP contribution in [-0.2, 0) is 4.74 Å². The summed E-state index contributed by atoms with van der Waals surface area (Å²) in [6, 6.07) is 2.97. The van der Waals surface area contributed by atoms with Crippen LogP contribution in [0.5, 0.6) is 5.75 Å². The van der Waals surface area contributed by atoms with Crippen molar-refractivity contribution in [1.82, 2.24) is 4.98 Å². The molecule has 1 aromatic heterocycles. The number of pyridine rings is 1. The minimum Gasteiger partial charge on any atom is -0.506 e. The van der Waals surface area contributed by atoms with Crippen LogP contribution in [0.15, 0.2) is 18.3 Å². The largest absolute Gasteiger partial charge is 0.506 e. The van der Waals surface area contributed by atoms with Gasteiger partial charge in [0.1, 0.15) is 11.4 Å². The molecule has 0 saturated carbocycles. The number of nitrogens with zero attached hydrogens (tertiary/aromatic N) is 1. The zero-order valence-corrected chi connectivity index (χ0v) is 9.73. The molecule has 0 aliphatic rings. The van der Waals surface area contributed by atoms with Crippen LogP contribution in [0.3, 0.4) is 0 Å². The van der Waals surface area contributed by atoms with Crippen molar-refractivity contribution in [3.05, 3.63) is 24.0 Å². The molecule has 1 aromatic rings. The van der Waals surface area contributed by atoms with Gasteiger partial charge in [0.2, 0.25) is 0 Å². The molecule has 4 heteroatoms. The third-order valence-electron chi connectivity index (χ3n) is 1.22. The number of ether oxygens (including phenoxy) is 1. The van der Waals surface area contributed by atoms with E-state index in [-0.39, 0.29) is 11.4 Å². The van der Waals surface area contributed by atoms with E-state index in [1.54, 1.807) is 13.2 Å². The zero-order chi connectivity index (χ0) is 12.1. The lowest BCUT2D eigenvalue weighted by Gasteiger charge is -1.90. The first-order chi connectivity index (χ1) is 7.26. The van der Waals surface area contributed by atoms with Crippen molar-refractivity contribution in [3.8, 4) is 5.75 Å². The maximum absolute atomic E-state index is 10.0. The van der Waals surface area contributed by atoms with Crippen LogP contribution in [0.25, 0.3) is 0 Å². The molecule has 0 fully saturated rings. The summed E-state index contributed by atoms with van der Waals surface area (Å²) in [6.45, 7) is 6.78. The highest BCUT2D eigenvalue weighted by atomic mass is 16.5. The summed E-state index contributed by atoms with van der Waals surface area (Å²) in [7, 11) is 1.68. The lowest BCUT2D eigenvalue weighted by molar-refractivity contribution is 0.111. The Balaban J connectivity index is 0. The highest BCUT2D eigenvalue weighted by Crippen LogP contribution is 2.08. The second-order valence-corrected chi connectivity index (χ2v) is 2.10. The lowest BCUT2D eigenvalue weighted by Crippen LogP contribution is -1.83. The third kappa shape index (κ3) is 8.90. The van der Waals surface area contributed by atoms with Gasteiger partial charge in [0.15, 0.2) is 6.29 Å². The van der Waals surface area contributed by atoms with Gasteiger partial charge >= 0.3 is 0 Å². The number of aromatic hydroxyl groups is 1. The normalized spacial score (nSPS) is 7.73. The van der Waals surface area contributed by atoms with Crippen LogP contribution in [0, 0.1) is 0 Å². The third-order valence-corrected chi connectivity index (χ3v) is 1.22. The van der Waals surface area contributed by atoms with Crippen molar-refractivity contribution < 1.29 is 14.6 Å². The Labute approximate surface area is 90.9 Å². The summed E-state index contributed by atoms with van der Waals surface area (Å²) in [5.41, 5.74) is 0.0810. The monoisotopic (exact) mass is 213 g/mol. The zero-order valence-electron chi connectivity index (χ0n) is 9.73. The molecule has 0 unspecified atom stereocenters. The Bertz CT molecular complexity index is 249. The SMILES string of the molecule is CC.CCOC.O=Cc1ncccc1O. The molecule has 0 aliphatic heterocycles. The van der Waals surface area contributed by atoms with E-state index in [2.05, 4.69) is 9.72 Å². The molecular weight excluding hydrogens is 194 g/mol. The average Bonchev–Trinajstić information content (AvgIpc) is 2.33. The minimum absolute atomic E-state index is 0.0764. The molecule has 1 heterocycles. The first kappa shape index (κ1) is 16.0. The van der Waals surface area contributed by atoms with Gasteiger partial charge < -0.3 is 9.84 Å². The van der Waals surface area contributed by atoms with E-state index in [9.17, 15) is 4.79 Å². The van der Waals surface area contributed by atoms with E-state index in [0.717, 1.165) is 6.61 Å². The fourth-order valence-electron chi connectivity index (χ4n) is 0.500. The fraction of sp³-hybridized carbons (Fsp3) is 0.455. The molecule has 0 bridgehead atoms. The van der Waals surface area contributed by atoms with Crippen molar-refractivity contribution in [3.63, 3.8) is 0 Å². The van der Waals surface area contributed by atoms with E-state index >= 15 is 0 Å². The number of rotatable bonds is 2. The van der Waals surface area contributed by atoms with Gasteiger partial charge in [0.05, 0.1) is 0 Å². The molecule has 0 aliphatic carbocycles. The lowest BCUT2D eigenvalue weighted by atomic mass is 10.3. The van der Waals surface area contributed by atoms with Crippen molar-refractivity contribution in [1.29, 1.82) is 0 Å². The predicted octanol–water partition coefficient (Wildman–Crippen LogP) is 2.28. The van der Waals surface area contributed by atoms with E-state index in [1.807, 2.05) is 20.8 Å². The first-order valence-corrected chi connectivity index (χ1v) is 4.84. The molecule has 86 valence electrons. The number of carbonyl (C=O) groups is 1. The van der Waals surface area contributed by atoms with Crippen molar-refractivity contribution in [2.24, 2.45) is 0 Å². The van der Waals surface area contributed by atoms with Crippen LogP contribution >= 0.6 is 0 Å². The number of carbonyl (C=O) groups excluding carboxylic acids is 1. The molecule has 0 amide bonds. The van der Waals surface area contributed by atoms with Crippen LogP contribution in [-0.4, -0.2) is 30.1 Å². The second kappa shape index (κ2) is 12.6. The van der Waals surface area contributed by atoms with Gasteiger partial charge in [-0.2, -0.15) is 0 Å². The Hall–Kier alpha value is -1.42. The highest BCUT2D eigenvalue weighted by Gasteiger charge is 1.95. The van der Waals surface area contributed by atoms with Gasteiger partial charge in [-0.3, -0.25) is 4.79 Å². The summed E-state index contributed by atoms with van der Waals surface area (Å²) in [5.74, 6) is -0.0764. The quantitative estimate of drug-likeness (QED) is 0.766. The Morgan fingerprint density at radius 1 is 1.53 bits per heavy atom. The standard InChI is InChI=1S/C6H5NO2.C3H8O.C2H6/c8-4-5-6(9)2-1-3-7-5;1-3-4-2;1-2/h1-4,9H;3H2,1-2H3;1-2H3. The molecule has 0 spiro atoms. The fourth-order valence-corrected chi connectivity index (χ4v) is 0.500. The molecule has 0 atom stereocenters. The number of hydrogen-bond donors (Lipinski definition) is 1. The smallest absolute Gasteiger partial charge is 0.172 e. The van der Waals surface area contributed by atoms with Crippen molar-refractivity contribution in [2.75, 3.05) is 13.7 Å². The van der Waals surface area contributed by atoms with Gasteiger partial charge in [-0.05, 0) is 19.1 Å². The topological polar surface area (TPSA) is 59.4 Å². The maximum Gasteiger partial charge on any atom is 0.172 e. The maximum atomic E-state index is 10.0. The van der Waals surface area contributed by atoms with Gasteiger partial charge in [-0.1, -0.05) is 13.8 Å². The predicted molar refractivity (Wildman–Crippen MR) is 60.2 cm³/mol. The number of aldehydes is 1. The summed E-state index contributed by atoms with van der Waals surface area (Å²) in [6.07, 6.45) is 1.96. The number of aromatic nitrogens is 1. The highest BCUT2D eigenvalue weighted by molar-refractivity contribution is 5.75. The van der Waals surface area contributed by atoms with Gasteiger partial charge in [0, 0.05) is 19.9 Å². The Morgan fingerprint density at radius 3 is 2.33 bits per heavy atom. The molecule has 1 rings (SSSR count). The second-order valence-electron chi connectivity index (χ2n) is 2.10. The van der Waals surface area contributed by atoms with E-state index in [4.69, 9.17) is 5.11 Å². The van der Waals surface area contributed by atoms with E-state index in [0.29, 0.717) is 6.29 Å². The van der Waals surface area contributed by atoms with Gasteiger partial charge in [-0.25, -0.2) is 4.98 Å². The summed E-state index contributed by atoms with van der Waals surface area (Å²) in [5, 5.41) is 8.82. The molecule has 15 heavy (non-hydrogen) atoms. The first-order valence-electron chi connectivity index (χ1n) is 4.84. The summed E-state index contributed by atoms with van der Waals surface area (Å²) < 4.78 is 4.54. The Kier molecular flexibility index (Phi) is 13.4. The molecule has 1 N–H and O–H groups in total. The summed E-state index contributed by atoms with van der Waals surface area (Å²) in [4.78, 5) is 13.6. The number of hydrogen-bond acceptors (Lipinski definition) is 4. The van der Waals surface area contributed by atoms with E-state index < -0.39 is 0 Å². The molecule has 0 aromatic carbocycles. The van der Waals surface area contributed by atoms with Gasteiger partial charge in [0.25, 0.3) is 0 Å².